The average Bonchev–Trinajstić information content (AvgIpc) is 3.32. The van der Waals surface area contributed by atoms with Gasteiger partial charge in [0.2, 0.25) is 0 Å². The Morgan fingerprint density at radius 1 is 0.853 bits per heavy atom. The van der Waals surface area contributed by atoms with Crippen LogP contribution in [0.1, 0.15) is 26.3 Å². The van der Waals surface area contributed by atoms with Gasteiger partial charge in [-0.1, -0.05) is 25.1 Å². The Bertz CT molecular complexity index is 1180. The van der Waals surface area contributed by atoms with Gasteiger partial charge in [0.1, 0.15) is 0 Å². The van der Waals surface area contributed by atoms with Gasteiger partial charge in [0.15, 0.2) is 0 Å². The van der Waals surface area contributed by atoms with Crippen molar-refractivity contribution in [1.82, 2.24) is 9.80 Å². The SMILES string of the molecule is CCN1C=CN(c2[c-]c(Oc3[c-]c(N4[CH-]N(C)C(C)(C)c5ccccc54)ccc3)ccc2)[CH-]1.[Pd]. The average molecular weight is 543 g/mol. The molecular formula is C28H28N4OPd-4. The first-order valence-electron chi connectivity index (χ1n) is 11.2. The Kier molecular flexibility index (Phi) is 7.04. The largest absolute Gasteiger partial charge is 0.509 e. The summed E-state index contributed by atoms with van der Waals surface area (Å²) in [5.41, 5.74) is 4.18. The molecule has 0 spiro atoms. The number of benzene rings is 3. The number of ether oxygens (including phenoxy) is 1. The van der Waals surface area contributed by atoms with Crippen LogP contribution in [0.4, 0.5) is 17.1 Å². The van der Waals surface area contributed by atoms with Gasteiger partial charge in [-0.05, 0) is 51.5 Å². The van der Waals surface area contributed by atoms with E-state index in [-0.39, 0.29) is 26.0 Å². The van der Waals surface area contributed by atoms with Crippen molar-refractivity contribution >= 4 is 17.1 Å². The third-order valence-corrected chi connectivity index (χ3v) is 6.31. The minimum Gasteiger partial charge on any atom is -0.509 e. The number of para-hydroxylation sites is 1. The molecule has 0 atom stereocenters. The predicted molar refractivity (Wildman–Crippen MR) is 133 cm³/mol. The standard InChI is InChI=1S/C28H28N4O.Pd/c1-5-30-16-17-31(21-30)22-10-8-12-24(18-22)33-25-13-9-11-23(19-25)32-20-29(4)28(2,3)26-14-6-7-15-27(26)32;/h6-17,20-21H,5H2,1-4H3;/q-4;. The molecule has 0 radical (unpaired) electrons. The molecule has 0 bridgehead atoms. The number of anilines is 3. The van der Waals surface area contributed by atoms with Crippen molar-refractivity contribution in [2.75, 3.05) is 23.4 Å². The van der Waals surface area contributed by atoms with Crippen LogP contribution in [-0.4, -0.2) is 23.4 Å². The first kappa shape index (κ1) is 24.4. The van der Waals surface area contributed by atoms with Gasteiger partial charge in [0.05, 0.1) is 0 Å². The molecule has 0 saturated carbocycles. The van der Waals surface area contributed by atoms with Crippen LogP contribution in [0, 0.1) is 25.5 Å². The molecule has 2 aliphatic heterocycles. The van der Waals surface area contributed by atoms with Crippen molar-refractivity contribution in [3.63, 3.8) is 0 Å². The maximum absolute atomic E-state index is 6.18. The second-order valence-electron chi connectivity index (χ2n) is 8.73. The van der Waals surface area contributed by atoms with Gasteiger partial charge in [0.25, 0.3) is 0 Å². The molecule has 0 fully saturated rings. The van der Waals surface area contributed by atoms with Crippen molar-refractivity contribution in [2.24, 2.45) is 0 Å². The molecule has 6 heteroatoms. The van der Waals surface area contributed by atoms with Crippen LogP contribution in [0.15, 0.2) is 73.1 Å². The van der Waals surface area contributed by atoms with Gasteiger partial charge in [-0.15, -0.1) is 47.8 Å². The van der Waals surface area contributed by atoms with Crippen molar-refractivity contribution in [2.45, 2.75) is 26.3 Å². The molecule has 0 amide bonds. The fourth-order valence-electron chi connectivity index (χ4n) is 4.09. The van der Waals surface area contributed by atoms with Gasteiger partial charge in [-0.3, -0.25) is 0 Å². The quantitative estimate of drug-likeness (QED) is 0.280. The van der Waals surface area contributed by atoms with Gasteiger partial charge in [0, 0.05) is 43.1 Å². The van der Waals surface area contributed by atoms with Crippen LogP contribution < -0.4 is 14.5 Å². The topological polar surface area (TPSA) is 22.2 Å². The van der Waals surface area contributed by atoms with E-state index in [0.717, 1.165) is 23.6 Å². The number of rotatable bonds is 5. The van der Waals surface area contributed by atoms with Gasteiger partial charge >= 0.3 is 0 Å². The second kappa shape index (κ2) is 9.84. The van der Waals surface area contributed by atoms with Crippen LogP contribution in [-0.2, 0) is 26.0 Å². The summed E-state index contributed by atoms with van der Waals surface area (Å²) in [4.78, 5) is 8.54. The zero-order valence-corrected chi connectivity index (χ0v) is 21.4. The number of nitrogens with zero attached hydrogens (tertiary/aromatic N) is 4. The molecular weight excluding hydrogens is 515 g/mol. The molecule has 0 aromatic heterocycles. The van der Waals surface area contributed by atoms with Crippen molar-refractivity contribution in [1.29, 1.82) is 0 Å². The molecule has 180 valence electrons. The molecule has 3 aromatic carbocycles. The fourth-order valence-corrected chi connectivity index (χ4v) is 4.09. The number of hydrogen-bond donors (Lipinski definition) is 0. The van der Waals surface area contributed by atoms with E-state index >= 15 is 0 Å². The van der Waals surface area contributed by atoms with E-state index in [1.165, 1.54) is 5.56 Å². The first-order chi connectivity index (χ1) is 16.0. The number of hydrogen-bond acceptors (Lipinski definition) is 5. The minimum atomic E-state index is -0.0923. The monoisotopic (exact) mass is 542 g/mol. The third kappa shape index (κ3) is 4.59. The van der Waals surface area contributed by atoms with E-state index in [2.05, 4.69) is 91.7 Å². The summed E-state index contributed by atoms with van der Waals surface area (Å²) >= 11 is 0. The zero-order chi connectivity index (χ0) is 23.0. The normalized spacial score (nSPS) is 16.9. The summed E-state index contributed by atoms with van der Waals surface area (Å²) in [7, 11) is 2.10. The Balaban J connectivity index is 0.00000274. The van der Waals surface area contributed by atoms with Crippen LogP contribution >= 0.6 is 0 Å². The summed E-state index contributed by atoms with van der Waals surface area (Å²) in [6.45, 7) is 11.7. The van der Waals surface area contributed by atoms with E-state index in [1.54, 1.807) is 0 Å². The Hall–Kier alpha value is -2.78. The maximum atomic E-state index is 6.18. The number of fused-ring (bicyclic) bond motifs is 1. The molecule has 3 aromatic rings. The molecule has 0 aliphatic carbocycles. The van der Waals surface area contributed by atoms with Gasteiger partial charge in [-0.25, -0.2) is 0 Å². The van der Waals surface area contributed by atoms with Crippen LogP contribution in [0.2, 0.25) is 0 Å². The molecule has 5 nitrogen and oxygen atoms in total. The molecule has 2 aliphatic rings. The second-order valence-corrected chi connectivity index (χ2v) is 8.73. The van der Waals surface area contributed by atoms with Gasteiger partial charge in [-0.2, -0.15) is 25.5 Å². The predicted octanol–water partition coefficient (Wildman–Crippen LogP) is 6.25. The van der Waals surface area contributed by atoms with E-state index < -0.39 is 0 Å². The fraction of sp³-hybridized carbons (Fsp3) is 0.214. The summed E-state index contributed by atoms with van der Waals surface area (Å²) in [5.74, 6) is 1.30. The Labute approximate surface area is 216 Å². The van der Waals surface area contributed by atoms with E-state index in [9.17, 15) is 0 Å². The first-order valence-corrected chi connectivity index (χ1v) is 11.2. The third-order valence-electron chi connectivity index (χ3n) is 6.31. The Morgan fingerprint density at radius 3 is 2.24 bits per heavy atom. The van der Waals surface area contributed by atoms with E-state index in [4.69, 9.17) is 4.74 Å². The molecule has 34 heavy (non-hydrogen) atoms. The van der Waals surface area contributed by atoms with Crippen molar-refractivity contribution in [3.05, 3.63) is 104 Å². The Morgan fingerprint density at radius 2 is 1.53 bits per heavy atom. The summed E-state index contributed by atoms with van der Waals surface area (Å²) in [5, 5.41) is 0. The molecule has 2 heterocycles. The minimum absolute atomic E-state index is 0. The van der Waals surface area contributed by atoms with Crippen LogP contribution in [0.5, 0.6) is 11.5 Å². The molecule has 0 unspecified atom stereocenters. The van der Waals surface area contributed by atoms with Crippen molar-refractivity contribution in [3.8, 4) is 11.5 Å². The molecule has 5 rings (SSSR count). The molecule has 0 N–H and O–H groups in total. The van der Waals surface area contributed by atoms with E-state index in [0.29, 0.717) is 11.5 Å². The summed E-state index contributed by atoms with van der Waals surface area (Å²) < 4.78 is 6.18. The summed E-state index contributed by atoms with van der Waals surface area (Å²) in [6.07, 6.45) is 4.07. The van der Waals surface area contributed by atoms with Crippen molar-refractivity contribution < 1.29 is 25.2 Å². The summed E-state index contributed by atoms with van der Waals surface area (Å²) in [6, 6.07) is 27.2. The van der Waals surface area contributed by atoms with Crippen LogP contribution in [0.3, 0.4) is 0 Å². The van der Waals surface area contributed by atoms with E-state index in [1.807, 2.05) is 54.3 Å². The van der Waals surface area contributed by atoms with Crippen LogP contribution in [0.25, 0.3) is 0 Å². The maximum Gasteiger partial charge on any atom is 0.0165 e. The smallest absolute Gasteiger partial charge is 0.0165 e. The van der Waals surface area contributed by atoms with Gasteiger partial charge < -0.3 is 24.3 Å². The zero-order valence-electron chi connectivity index (χ0n) is 19.8. The molecule has 0 saturated heterocycles.